The number of aromatic nitrogens is 1. The first-order valence-corrected chi connectivity index (χ1v) is 7.13. The summed E-state index contributed by atoms with van der Waals surface area (Å²) in [6.45, 7) is 2.66. The highest BCUT2D eigenvalue weighted by atomic mass is 32.1. The zero-order valence-electron chi connectivity index (χ0n) is 10.6. The van der Waals surface area contributed by atoms with Gasteiger partial charge in [0.05, 0.1) is 11.7 Å². The van der Waals surface area contributed by atoms with E-state index in [4.69, 9.17) is 0 Å². The predicted molar refractivity (Wildman–Crippen MR) is 76.3 cm³/mol. The van der Waals surface area contributed by atoms with Gasteiger partial charge >= 0.3 is 0 Å². The molecule has 4 nitrogen and oxygen atoms in total. The number of carbonyl (C=O) groups is 1. The Hall–Kier alpha value is -1.72. The van der Waals surface area contributed by atoms with Crippen LogP contribution in [-0.4, -0.2) is 16.9 Å². The number of hydrogen-bond donors (Lipinski definition) is 2. The molecule has 1 aromatic carbocycles. The van der Waals surface area contributed by atoms with Gasteiger partial charge in [0, 0.05) is 11.9 Å². The Bertz CT molecular complexity index is 608. The van der Waals surface area contributed by atoms with Gasteiger partial charge in [-0.1, -0.05) is 24.3 Å². The number of amides is 1. The van der Waals surface area contributed by atoms with E-state index in [2.05, 4.69) is 27.8 Å². The van der Waals surface area contributed by atoms with Crippen LogP contribution in [0.1, 0.15) is 16.8 Å². The molecule has 98 valence electrons. The summed E-state index contributed by atoms with van der Waals surface area (Å²) in [5, 5.41) is 8.74. The quantitative estimate of drug-likeness (QED) is 0.881. The summed E-state index contributed by atoms with van der Waals surface area (Å²) >= 11 is 1.46. The monoisotopic (exact) mass is 273 g/mol. The number of hydrogen-bond acceptors (Lipinski definition) is 4. The van der Waals surface area contributed by atoms with E-state index >= 15 is 0 Å². The van der Waals surface area contributed by atoms with Gasteiger partial charge in [-0.05, 0) is 24.5 Å². The molecule has 0 aliphatic carbocycles. The normalized spacial score (nSPS) is 17.8. The molecule has 2 N–H and O–H groups in total. The van der Waals surface area contributed by atoms with Gasteiger partial charge in [0.2, 0.25) is 5.91 Å². The number of nitrogens with zero attached hydrogens (tertiary/aromatic N) is 1. The number of aryl methyl sites for hydroxylation is 1. The van der Waals surface area contributed by atoms with Gasteiger partial charge < -0.3 is 10.6 Å². The third-order valence-corrected chi connectivity index (χ3v) is 4.12. The molecule has 19 heavy (non-hydrogen) atoms. The van der Waals surface area contributed by atoms with Crippen molar-refractivity contribution >= 4 is 22.4 Å². The van der Waals surface area contributed by atoms with E-state index in [0.29, 0.717) is 5.13 Å². The summed E-state index contributed by atoms with van der Waals surface area (Å²) < 4.78 is 0. The topological polar surface area (TPSA) is 54.0 Å². The highest BCUT2D eigenvalue weighted by molar-refractivity contribution is 7.13. The SMILES string of the molecule is Cc1csc(NC(=O)[C@H]2Cc3ccccc3CN2)n1. The lowest BCUT2D eigenvalue weighted by molar-refractivity contribution is -0.118. The third-order valence-electron chi connectivity index (χ3n) is 3.25. The number of nitrogens with one attached hydrogen (secondary N) is 2. The molecule has 5 heteroatoms. The first-order chi connectivity index (χ1) is 9.22. The Labute approximate surface area is 115 Å². The zero-order valence-corrected chi connectivity index (χ0v) is 11.5. The number of benzene rings is 1. The van der Waals surface area contributed by atoms with E-state index in [0.717, 1.165) is 18.7 Å². The molecule has 1 aliphatic heterocycles. The fraction of sp³-hybridized carbons (Fsp3) is 0.286. The summed E-state index contributed by atoms with van der Waals surface area (Å²) in [6.07, 6.45) is 0.729. The summed E-state index contributed by atoms with van der Waals surface area (Å²) in [5.41, 5.74) is 3.45. The molecular weight excluding hydrogens is 258 g/mol. The molecule has 1 aliphatic rings. The molecule has 2 aromatic rings. The van der Waals surface area contributed by atoms with Crippen molar-refractivity contribution in [1.82, 2.24) is 10.3 Å². The Kier molecular flexibility index (Phi) is 3.31. The van der Waals surface area contributed by atoms with Crippen molar-refractivity contribution in [2.24, 2.45) is 0 Å². The van der Waals surface area contributed by atoms with Crippen molar-refractivity contribution in [3.63, 3.8) is 0 Å². The van der Waals surface area contributed by atoms with Crippen LogP contribution in [0.25, 0.3) is 0 Å². The Balaban J connectivity index is 1.69. The molecule has 0 fully saturated rings. The van der Waals surface area contributed by atoms with Crippen LogP contribution in [0.5, 0.6) is 0 Å². The first-order valence-electron chi connectivity index (χ1n) is 6.25. The average Bonchev–Trinajstić information content (AvgIpc) is 2.83. The van der Waals surface area contributed by atoms with Crippen molar-refractivity contribution in [2.45, 2.75) is 25.9 Å². The summed E-state index contributed by atoms with van der Waals surface area (Å²) in [6, 6.07) is 8.05. The van der Waals surface area contributed by atoms with Crippen molar-refractivity contribution in [3.05, 3.63) is 46.5 Å². The maximum atomic E-state index is 12.2. The van der Waals surface area contributed by atoms with Crippen molar-refractivity contribution in [3.8, 4) is 0 Å². The van der Waals surface area contributed by atoms with Gasteiger partial charge in [0.25, 0.3) is 0 Å². The average molecular weight is 273 g/mol. The van der Waals surface area contributed by atoms with Crippen LogP contribution in [0.4, 0.5) is 5.13 Å². The molecule has 1 atom stereocenters. The van der Waals surface area contributed by atoms with Crippen LogP contribution in [0.2, 0.25) is 0 Å². The largest absolute Gasteiger partial charge is 0.301 e. The molecule has 0 bridgehead atoms. The molecule has 3 rings (SSSR count). The van der Waals surface area contributed by atoms with Gasteiger partial charge in [-0.2, -0.15) is 0 Å². The second kappa shape index (κ2) is 5.11. The second-order valence-corrected chi connectivity index (χ2v) is 5.55. The minimum atomic E-state index is -0.181. The van der Waals surface area contributed by atoms with Gasteiger partial charge in [0.1, 0.15) is 0 Å². The van der Waals surface area contributed by atoms with Crippen molar-refractivity contribution in [1.29, 1.82) is 0 Å². The van der Waals surface area contributed by atoms with Gasteiger partial charge in [0.15, 0.2) is 5.13 Å². The van der Waals surface area contributed by atoms with Crippen LogP contribution in [0, 0.1) is 6.92 Å². The Morgan fingerprint density at radius 1 is 1.42 bits per heavy atom. The highest BCUT2D eigenvalue weighted by Gasteiger charge is 2.24. The predicted octanol–water partition coefficient (Wildman–Crippen LogP) is 2.10. The summed E-state index contributed by atoms with van der Waals surface area (Å²) in [4.78, 5) is 16.4. The molecule has 0 radical (unpaired) electrons. The van der Waals surface area contributed by atoms with E-state index in [1.165, 1.54) is 22.5 Å². The van der Waals surface area contributed by atoms with E-state index in [9.17, 15) is 4.79 Å². The van der Waals surface area contributed by atoms with Gasteiger partial charge in [-0.15, -0.1) is 11.3 Å². The Morgan fingerprint density at radius 3 is 2.95 bits per heavy atom. The molecule has 0 saturated heterocycles. The fourth-order valence-corrected chi connectivity index (χ4v) is 2.93. The Morgan fingerprint density at radius 2 is 2.21 bits per heavy atom. The number of thiazole rings is 1. The van der Waals surface area contributed by atoms with E-state index in [1.54, 1.807) is 0 Å². The zero-order chi connectivity index (χ0) is 13.2. The fourth-order valence-electron chi connectivity index (χ4n) is 2.24. The van der Waals surface area contributed by atoms with Crippen molar-refractivity contribution in [2.75, 3.05) is 5.32 Å². The van der Waals surface area contributed by atoms with Crippen molar-refractivity contribution < 1.29 is 4.79 Å². The summed E-state index contributed by atoms with van der Waals surface area (Å²) in [5.74, 6) is -0.0103. The maximum absolute atomic E-state index is 12.2. The van der Waals surface area contributed by atoms with E-state index < -0.39 is 0 Å². The lowest BCUT2D eigenvalue weighted by Crippen LogP contribution is -2.44. The molecule has 1 amide bonds. The first kappa shape index (κ1) is 12.3. The highest BCUT2D eigenvalue weighted by Crippen LogP contribution is 2.19. The van der Waals surface area contributed by atoms with Gasteiger partial charge in [-0.3, -0.25) is 4.79 Å². The van der Waals surface area contributed by atoms with E-state index in [1.807, 2.05) is 24.4 Å². The molecule has 2 heterocycles. The van der Waals surface area contributed by atoms with Crippen LogP contribution >= 0.6 is 11.3 Å². The molecule has 1 aromatic heterocycles. The van der Waals surface area contributed by atoms with E-state index in [-0.39, 0.29) is 11.9 Å². The number of carbonyl (C=O) groups excluding carboxylic acids is 1. The lowest BCUT2D eigenvalue weighted by Gasteiger charge is -2.24. The minimum Gasteiger partial charge on any atom is -0.301 e. The second-order valence-electron chi connectivity index (χ2n) is 4.69. The maximum Gasteiger partial charge on any atom is 0.243 e. The number of anilines is 1. The van der Waals surface area contributed by atoms with Crippen LogP contribution in [0.15, 0.2) is 29.6 Å². The molecule has 0 unspecified atom stereocenters. The smallest absolute Gasteiger partial charge is 0.243 e. The van der Waals surface area contributed by atoms with Crippen LogP contribution < -0.4 is 10.6 Å². The summed E-state index contributed by atoms with van der Waals surface area (Å²) in [7, 11) is 0. The number of fused-ring (bicyclic) bond motifs is 1. The standard InChI is InChI=1S/C14H15N3OS/c1-9-8-19-14(16-9)17-13(18)12-6-10-4-2-3-5-11(10)7-15-12/h2-5,8,12,15H,6-7H2,1H3,(H,16,17,18)/t12-/m1/s1. The minimum absolute atomic E-state index is 0.0103. The van der Waals surface area contributed by atoms with Crippen LogP contribution in [0.3, 0.4) is 0 Å². The lowest BCUT2D eigenvalue weighted by atomic mass is 9.95. The number of rotatable bonds is 2. The molecule has 0 saturated carbocycles. The molecule has 0 spiro atoms. The third kappa shape index (κ3) is 2.67. The van der Waals surface area contributed by atoms with Crippen LogP contribution in [-0.2, 0) is 17.8 Å². The molecular formula is C14H15N3OS. The van der Waals surface area contributed by atoms with Gasteiger partial charge in [-0.25, -0.2) is 4.98 Å².